The molecule has 5 heteroatoms. The van der Waals surface area contributed by atoms with Gasteiger partial charge in [-0.25, -0.2) is 0 Å². The second-order valence-corrected chi connectivity index (χ2v) is 5.41. The van der Waals surface area contributed by atoms with Gasteiger partial charge in [-0.05, 0) is 36.9 Å². The highest BCUT2D eigenvalue weighted by Crippen LogP contribution is 2.14. The van der Waals surface area contributed by atoms with Crippen molar-refractivity contribution in [1.82, 2.24) is 10.2 Å². The summed E-state index contributed by atoms with van der Waals surface area (Å²) < 4.78 is 5.30. The first kappa shape index (κ1) is 13.5. The molecule has 18 heavy (non-hydrogen) atoms. The van der Waals surface area contributed by atoms with Gasteiger partial charge in [0, 0.05) is 19.6 Å². The summed E-state index contributed by atoms with van der Waals surface area (Å²) in [5, 5.41) is 4.94. The van der Waals surface area contributed by atoms with Crippen LogP contribution in [0.4, 0.5) is 0 Å². The van der Waals surface area contributed by atoms with Gasteiger partial charge in [0.05, 0.1) is 18.1 Å². The maximum Gasteiger partial charge on any atom is 0.261 e. The van der Waals surface area contributed by atoms with Gasteiger partial charge >= 0.3 is 0 Å². The molecular formula is C13H20N2O2S. The molecule has 0 bridgehead atoms. The number of thiophene rings is 1. The molecule has 1 aliphatic rings. The predicted octanol–water partition coefficient (Wildman–Crippen LogP) is 1.51. The van der Waals surface area contributed by atoms with E-state index in [9.17, 15) is 4.79 Å². The Bertz CT molecular complexity index is 386. The molecule has 1 aromatic heterocycles. The SMILES string of the molecule is Cc1ccsc1C(=O)NCCCN1CCOCC1. The zero-order valence-corrected chi connectivity index (χ0v) is 11.6. The molecule has 0 radical (unpaired) electrons. The smallest absolute Gasteiger partial charge is 0.261 e. The van der Waals surface area contributed by atoms with Crippen molar-refractivity contribution < 1.29 is 9.53 Å². The van der Waals surface area contributed by atoms with E-state index in [2.05, 4.69) is 10.2 Å². The Balaban J connectivity index is 1.63. The third kappa shape index (κ3) is 3.80. The average molecular weight is 268 g/mol. The third-order valence-corrected chi connectivity index (χ3v) is 4.12. The van der Waals surface area contributed by atoms with Crippen LogP contribution in [0.3, 0.4) is 0 Å². The highest BCUT2D eigenvalue weighted by atomic mass is 32.1. The Hall–Kier alpha value is -0.910. The molecule has 0 atom stereocenters. The fraction of sp³-hybridized carbons (Fsp3) is 0.615. The minimum atomic E-state index is 0.0597. The van der Waals surface area contributed by atoms with E-state index in [-0.39, 0.29) is 5.91 Å². The van der Waals surface area contributed by atoms with Crippen molar-refractivity contribution in [3.05, 3.63) is 21.9 Å². The molecule has 0 spiro atoms. The normalized spacial score (nSPS) is 16.7. The van der Waals surface area contributed by atoms with Gasteiger partial charge in [-0.2, -0.15) is 0 Å². The van der Waals surface area contributed by atoms with Crippen LogP contribution in [0, 0.1) is 6.92 Å². The van der Waals surface area contributed by atoms with Crippen molar-refractivity contribution >= 4 is 17.2 Å². The maximum absolute atomic E-state index is 11.8. The Labute approximate surface area is 112 Å². The number of amides is 1. The first-order valence-electron chi connectivity index (χ1n) is 6.40. The van der Waals surface area contributed by atoms with Crippen molar-refractivity contribution in [1.29, 1.82) is 0 Å². The molecule has 1 fully saturated rings. The number of carbonyl (C=O) groups excluding carboxylic acids is 1. The van der Waals surface area contributed by atoms with Crippen LogP contribution in [0.25, 0.3) is 0 Å². The van der Waals surface area contributed by atoms with Crippen LogP contribution >= 0.6 is 11.3 Å². The van der Waals surface area contributed by atoms with E-state index >= 15 is 0 Å². The number of ether oxygens (including phenoxy) is 1. The summed E-state index contributed by atoms with van der Waals surface area (Å²) in [6.45, 7) is 7.44. The summed E-state index contributed by atoms with van der Waals surface area (Å²) >= 11 is 1.50. The second kappa shape index (κ2) is 6.87. The van der Waals surface area contributed by atoms with Gasteiger partial charge < -0.3 is 10.1 Å². The van der Waals surface area contributed by atoms with E-state index in [4.69, 9.17) is 4.74 Å². The second-order valence-electron chi connectivity index (χ2n) is 4.50. The zero-order valence-electron chi connectivity index (χ0n) is 10.8. The molecule has 1 aliphatic heterocycles. The highest BCUT2D eigenvalue weighted by Gasteiger charge is 2.11. The monoisotopic (exact) mass is 268 g/mol. The van der Waals surface area contributed by atoms with Gasteiger partial charge in [-0.15, -0.1) is 11.3 Å². The van der Waals surface area contributed by atoms with E-state index in [1.807, 2.05) is 18.4 Å². The number of nitrogens with one attached hydrogen (secondary N) is 1. The fourth-order valence-electron chi connectivity index (χ4n) is 2.01. The van der Waals surface area contributed by atoms with Crippen LogP contribution < -0.4 is 5.32 Å². The number of hydrogen-bond donors (Lipinski definition) is 1. The Morgan fingerprint density at radius 2 is 2.28 bits per heavy atom. The Kier molecular flexibility index (Phi) is 5.16. The van der Waals surface area contributed by atoms with Gasteiger partial charge in [0.1, 0.15) is 0 Å². The number of morpholine rings is 1. The minimum absolute atomic E-state index is 0.0597. The summed E-state index contributed by atoms with van der Waals surface area (Å²) in [6, 6.07) is 1.98. The van der Waals surface area contributed by atoms with Gasteiger partial charge in [0.25, 0.3) is 5.91 Å². The van der Waals surface area contributed by atoms with E-state index < -0.39 is 0 Å². The lowest BCUT2D eigenvalue weighted by atomic mass is 10.3. The van der Waals surface area contributed by atoms with Crippen molar-refractivity contribution in [3.8, 4) is 0 Å². The first-order chi connectivity index (χ1) is 8.77. The van der Waals surface area contributed by atoms with Crippen molar-refractivity contribution in [2.75, 3.05) is 39.4 Å². The molecule has 100 valence electrons. The van der Waals surface area contributed by atoms with Gasteiger partial charge in [-0.3, -0.25) is 9.69 Å². The summed E-state index contributed by atoms with van der Waals surface area (Å²) in [7, 11) is 0. The quantitative estimate of drug-likeness (QED) is 0.823. The van der Waals surface area contributed by atoms with Crippen molar-refractivity contribution in [3.63, 3.8) is 0 Å². The largest absolute Gasteiger partial charge is 0.379 e. The molecule has 0 saturated carbocycles. The summed E-state index contributed by atoms with van der Waals surface area (Å²) in [4.78, 5) is 15.1. The number of hydrogen-bond acceptors (Lipinski definition) is 4. The number of carbonyl (C=O) groups is 1. The zero-order chi connectivity index (χ0) is 12.8. The molecule has 2 heterocycles. The maximum atomic E-state index is 11.8. The molecule has 1 N–H and O–H groups in total. The van der Waals surface area contributed by atoms with Gasteiger partial charge in [-0.1, -0.05) is 0 Å². The van der Waals surface area contributed by atoms with Crippen molar-refractivity contribution in [2.45, 2.75) is 13.3 Å². The van der Waals surface area contributed by atoms with Gasteiger partial charge in [0.2, 0.25) is 0 Å². The summed E-state index contributed by atoms with van der Waals surface area (Å²) in [5.41, 5.74) is 1.06. The number of nitrogens with zero attached hydrogens (tertiary/aromatic N) is 1. The Morgan fingerprint density at radius 1 is 1.50 bits per heavy atom. The van der Waals surface area contributed by atoms with Crippen molar-refractivity contribution in [2.24, 2.45) is 0 Å². The summed E-state index contributed by atoms with van der Waals surface area (Å²) in [6.07, 6.45) is 0.996. The number of aryl methyl sites for hydroxylation is 1. The lowest BCUT2D eigenvalue weighted by Crippen LogP contribution is -2.38. The first-order valence-corrected chi connectivity index (χ1v) is 7.28. The topological polar surface area (TPSA) is 41.6 Å². The molecule has 2 rings (SSSR count). The van der Waals surface area contributed by atoms with E-state index in [0.717, 1.165) is 56.3 Å². The molecular weight excluding hydrogens is 248 g/mol. The molecule has 1 aromatic rings. The molecule has 1 amide bonds. The molecule has 0 aliphatic carbocycles. The summed E-state index contributed by atoms with van der Waals surface area (Å²) in [5.74, 6) is 0.0597. The molecule has 1 saturated heterocycles. The molecule has 4 nitrogen and oxygen atoms in total. The van der Waals surface area contributed by atoms with E-state index in [0.29, 0.717) is 0 Å². The van der Waals surface area contributed by atoms with Gasteiger partial charge in [0.15, 0.2) is 0 Å². The van der Waals surface area contributed by atoms with Crippen LogP contribution in [0.2, 0.25) is 0 Å². The van der Waals surface area contributed by atoms with Crippen LogP contribution in [0.5, 0.6) is 0 Å². The minimum Gasteiger partial charge on any atom is -0.379 e. The standard InChI is InChI=1S/C13H20N2O2S/c1-11-3-10-18-12(11)13(16)14-4-2-5-15-6-8-17-9-7-15/h3,10H,2,4-9H2,1H3,(H,14,16). The molecule has 0 unspecified atom stereocenters. The van der Waals surface area contributed by atoms with Crippen LogP contribution in [-0.2, 0) is 4.74 Å². The lowest BCUT2D eigenvalue weighted by molar-refractivity contribution is 0.0374. The van der Waals surface area contributed by atoms with Crippen LogP contribution in [0.15, 0.2) is 11.4 Å². The van der Waals surface area contributed by atoms with E-state index in [1.165, 1.54) is 11.3 Å². The lowest BCUT2D eigenvalue weighted by Gasteiger charge is -2.26. The predicted molar refractivity (Wildman–Crippen MR) is 73.3 cm³/mol. The average Bonchev–Trinajstić information content (AvgIpc) is 2.82. The highest BCUT2D eigenvalue weighted by molar-refractivity contribution is 7.12. The van der Waals surface area contributed by atoms with Crippen LogP contribution in [-0.4, -0.2) is 50.2 Å². The Morgan fingerprint density at radius 3 is 2.94 bits per heavy atom. The van der Waals surface area contributed by atoms with Crippen LogP contribution in [0.1, 0.15) is 21.7 Å². The third-order valence-electron chi connectivity index (χ3n) is 3.11. The van der Waals surface area contributed by atoms with E-state index in [1.54, 1.807) is 0 Å². The molecule has 0 aromatic carbocycles. The fourth-order valence-corrected chi connectivity index (χ4v) is 2.86. The number of rotatable bonds is 5.